The first kappa shape index (κ1) is 21.5. The third-order valence-electron chi connectivity index (χ3n) is 5.39. The Hall–Kier alpha value is -3.17. The van der Waals surface area contributed by atoms with Crippen LogP contribution in [0.1, 0.15) is 43.7 Å². The van der Waals surface area contributed by atoms with Crippen LogP contribution < -0.4 is 5.32 Å². The number of ether oxygens (including phenoxy) is 2. The molecule has 1 N–H and O–H groups in total. The number of carbonyl (C=O) groups is 2. The first-order chi connectivity index (χ1) is 14.6. The monoisotopic (exact) mass is 406 g/mol. The molecule has 6 nitrogen and oxygen atoms in total. The number of esters is 1. The van der Waals surface area contributed by atoms with Crippen LogP contribution in [0.2, 0.25) is 0 Å². The molecule has 3 rings (SSSR count). The van der Waals surface area contributed by atoms with Gasteiger partial charge in [0.15, 0.2) is 6.61 Å². The molecule has 1 aliphatic rings. The number of nitrogens with one attached hydrogen (secondary N) is 1. The van der Waals surface area contributed by atoms with Crippen LogP contribution in [0, 0.1) is 11.3 Å². The minimum absolute atomic E-state index is 0.266. The van der Waals surface area contributed by atoms with Gasteiger partial charge in [0.1, 0.15) is 5.54 Å². The van der Waals surface area contributed by atoms with Gasteiger partial charge in [0.05, 0.1) is 6.07 Å². The van der Waals surface area contributed by atoms with Gasteiger partial charge in [-0.3, -0.25) is 4.79 Å². The van der Waals surface area contributed by atoms with Crippen molar-refractivity contribution in [2.45, 2.75) is 43.7 Å². The minimum atomic E-state index is -1.49. The molecule has 0 saturated heterocycles. The van der Waals surface area contributed by atoms with Crippen molar-refractivity contribution in [3.05, 3.63) is 71.8 Å². The summed E-state index contributed by atoms with van der Waals surface area (Å²) in [5.74, 6) is -1.16. The number of hydrogen-bond acceptors (Lipinski definition) is 5. The molecule has 2 aromatic carbocycles. The summed E-state index contributed by atoms with van der Waals surface area (Å²) in [5, 5.41) is 12.2. The Morgan fingerprint density at radius 3 is 2.03 bits per heavy atom. The zero-order valence-corrected chi connectivity index (χ0v) is 17.1. The maximum absolute atomic E-state index is 13.4. The van der Waals surface area contributed by atoms with Crippen LogP contribution in [0.5, 0.6) is 0 Å². The van der Waals surface area contributed by atoms with Gasteiger partial charge in [-0.2, -0.15) is 5.26 Å². The van der Waals surface area contributed by atoms with Gasteiger partial charge in [-0.25, -0.2) is 4.79 Å². The minimum Gasteiger partial charge on any atom is -0.453 e. The molecular formula is C24H26N2O4. The van der Waals surface area contributed by atoms with Crippen molar-refractivity contribution < 1.29 is 19.1 Å². The van der Waals surface area contributed by atoms with E-state index in [1.165, 1.54) is 0 Å². The van der Waals surface area contributed by atoms with Crippen LogP contribution in [-0.4, -0.2) is 30.6 Å². The summed E-state index contributed by atoms with van der Waals surface area (Å²) in [6, 6.07) is 20.4. The quantitative estimate of drug-likeness (QED) is 0.678. The normalized spacial score (nSPS) is 15.2. The fraction of sp³-hybridized carbons (Fsp3) is 0.375. The largest absolute Gasteiger partial charge is 0.453 e. The van der Waals surface area contributed by atoms with E-state index in [1.54, 1.807) is 31.2 Å². The zero-order chi connectivity index (χ0) is 21.5. The maximum atomic E-state index is 13.4. The Morgan fingerprint density at radius 1 is 1.03 bits per heavy atom. The van der Waals surface area contributed by atoms with Gasteiger partial charge < -0.3 is 14.8 Å². The summed E-state index contributed by atoms with van der Waals surface area (Å²) < 4.78 is 11.5. The Balaban J connectivity index is 1.84. The van der Waals surface area contributed by atoms with E-state index in [0.717, 1.165) is 12.8 Å². The van der Waals surface area contributed by atoms with Gasteiger partial charge in [0.2, 0.25) is 5.60 Å². The highest BCUT2D eigenvalue weighted by atomic mass is 16.6. The highest BCUT2D eigenvalue weighted by Gasteiger charge is 2.45. The molecule has 0 heterocycles. The molecule has 0 aromatic heterocycles. The van der Waals surface area contributed by atoms with E-state index in [-0.39, 0.29) is 6.61 Å². The second kappa shape index (κ2) is 9.55. The van der Waals surface area contributed by atoms with E-state index in [0.29, 0.717) is 24.0 Å². The lowest BCUT2D eigenvalue weighted by atomic mass is 9.86. The summed E-state index contributed by atoms with van der Waals surface area (Å²) in [6.45, 7) is 1.59. The number of nitrogens with zero attached hydrogens (tertiary/aromatic N) is 1. The van der Waals surface area contributed by atoms with E-state index in [2.05, 4.69) is 11.4 Å². The average Bonchev–Trinajstić information content (AvgIpc) is 3.26. The average molecular weight is 406 g/mol. The molecule has 1 saturated carbocycles. The Bertz CT molecular complexity index is 860. The first-order valence-electron chi connectivity index (χ1n) is 10.2. The highest BCUT2D eigenvalue weighted by Crippen LogP contribution is 2.35. The molecule has 0 atom stereocenters. The molecule has 1 amide bonds. The second-order valence-corrected chi connectivity index (χ2v) is 7.37. The SMILES string of the molecule is CCOC(C(=O)OCC(=O)NC1(C#N)CCCC1)(c1ccccc1)c1ccccc1. The van der Waals surface area contributed by atoms with E-state index in [1.807, 2.05) is 36.4 Å². The zero-order valence-electron chi connectivity index (χ0n) is 17.1. The highest BCUT2D eigenvalue weighted by molar-refractivity contribution is 5.88. The lowest BCUT2D eigenvalue weighted by Gasteiger charge is -2.32. The van der Waals surface area contributed by atoms with Crippen molar-refractivity contribution in [3.8, 4) is 6.07 Å². The smallest absolute Gasteiger partial charge is 0.348 e. The molecule has 6 heteroatoms. The summed E-state index contributed by atoms with van der Waals surface area (Å²) in [6.07, 6.45) is 3.01. The molecule has 0 bridgehead atoms. The molecule has 1 aliphatic carbocycles. The first-order valence-corrected chi connectivity index (χ1v) is 10.2. The van der Waals surface area contributed by atoms with Crippen molar-refractivity contribution >= 4 is 11.9 Å². The Labute approximate surface area is 176 Å². The number of amides is 1. The van der Waals surface area contributed by atoms with E-state index in [9.17, 15) is 14.9 Å². The molecule has 30 heavy (non-hydrogen) atoms. The summed E-state index contributed by atoms with van der Waals surface area (Å²) >= 11 is 0. The van der Waals surface area contributed by atoms with E-state index >= 15 is 0 Å². The number of rotatable bonds is 8. The molecular weight excluding hydrogens is 380 g/mol. The van der Waals surface area contributed by atoms with Crippen molar-refractivity contribution in [2.75, 3.05) is 13.2 Å². The molecule has 156 valence electrons. The van der Waals surface area contributed by atoms with Crippen LogP contribution in [0.25, 0.3) is 0 Å². The molecule has 0 aliphatic heterocycles. The van der Waals surface area contributed by atoms with Crippen LogP contribution in [-0.2, 0) is 24.7 Å². The van der Waals surface area contributed by atoms with Crippen molar-refractivity contribution in [1.82, 2.24) is 5.32 Å². The van der Waals surface area contributed by atoms with Crippen LogP contribution >= 0.6 is 0 Å². The predicted molar refractivity (Wildman–Crippen MR) is 111 cm³/mol. The maximum Gasteiger partial charge on any atom is 0.348 e. The summed E-state index contributed by atoms with van der Waals surface area (Å²) in [4.78, 5) is 25.8. The van der Waals surface area contributed by atoms with Gasteiger partial charge in [0, 0.05) is 6.61 Å². The van der Waals surface area contributed by atoms with Gasteiger partial charge in [-0.05, 0) is 43.7 Å². The Kier molecular flexibility index (Phi) is 6.86. The van der Waals surface area contributed by atoms with Crippen LogP contribution in [0.15, 0.2) is 60.7 Å². The Morgan fingerprint density at radius 2 is 1.57 bits per heavy atom. The molecule has 1 fully saturated rings. The summed E-state index contributed by atoms with van der Waals surface area (Å²) in [5.41, 5.74) is -1.11. The number of nitriles is 1. The number of hydrogen-bond donors (Lipinski definition) is 1. The van der Waals surface area contributed by atoms with E-state index < -0.39 is 29.6 Å². The van der Waals surface area contributed by atoms with Gasteiger partial charge in [0.25, 0.3) is 5.91 Å². The van der Waals surface area contributed by atoms with Crippen LogP contribution in [0.3, 0.4) is 0 Å². The van der Waals surface area contributed by atoms with Gasteiger partial charge in [-0.15, -0.1) is 0 Å². The molecule has 0 spiro atoms. The standard InChI is InChI=1S/C24H26N2O4/c1-2-30-24(19-11-5-3-6-12-19,20-13-7-4-8-14-20)22(28)29-17-21(27)26-23(18-25)15-9-10-16-23/h3-8,11-14H,2,9-10,15-17H2,1H3,(H,26,27). The molecule has 0 unspecified atom stereocenters. The summed E-state index contributed by atoms with van der Waals surface area (Å²) in [7, 11) is 0. The van der Waals surface area contributed by atoms with Crippen molar-refractivity contribution in [3.63, 3.8) is 0 Å². The fourth-order valence-electron chi connectivity index (χ4n) is 3.97. The third kappa shape index (κ3) is 4.37. The number of benzene rings is 2. The van der Waals surface area contributed by atoms with Gasteiger partial charge in [-0.1, -0.05) is 60.7 Å². The predicted octanol–water partition coefficient (Wildman–Crippen LogP) is 3.46. The lowest BCUT2D eigenvalue weighted by Crippen LogP contribution is -2.48. The molecule has 2 aromatic rings. The molecule has 0 radical (unpaired) electrons. The van der Waals surface area contributed by atoms with Crippen molar-refractivity contribution in [1.29, 1.82) is 5.26 Å². The van der Waals surface area contributed by atoms with E-state index in [4.69, 9.17) is 9.47 Å². The fourth-order valence-corrected chi connectivity index (χ4v) is 3.97. The van der Waals surface area contributed by atoms with Crippen molar-refractivity contribution in [2.24, 2.45) is 0 Å². The second-order valence-electron chi connectivity index (χ2n) is 7.37. The lowest BCUT2D eigenvalue weighted by molar-refractivity contribution is -0.170. The van der Waals surface area contributed by atoms with Crippen LogP contribution in [0.4, 0.5) is 0 Å². The van der Waals surface area contributed by atoms with Gasteiger partial charge >= 0.3 is 5.97 Å². The number of carbonyl (C=O) groups excluding carboxylic acids is 2. The third-order valence-corrected chi connectivity index (χ3v) is 5.39. The topological polar surface area (TPSA) is 88.4 Å².